The van der Waals surface area contributed by atoms with E-state index in [0.717, 1.165) is 24.2 Å². The number of para-hydroxylation sites is 1. The van der Waals surface area contributed by atoms with Crippen molar-refractivity contribution >= 4 is 5.97 Å². The summed E-state index contributed by atoms with van der Waals surface area (Å²) in [4.78, 5) is 11.3. The number of aryl methyl sites for hydroxylation is 1. The topological polar surface area (TPSA) is 55.8 Å². The van der Waals surface area contributed by atoms with E-state index in [9.17, 15) is 9.90 Å². The Morgan fingerprint density at radius 3 is 3.04 bits per heavy atom. The summed E-state index contributed by atoms with van der Waals surface area (Å²) < 4.78 is 10.9. The van der Waals surface area contributed by atoms with Gasteiger partial charge in [0.2, 0.25) is 0 Å². The molecule has 0 amide bonds. The SMILES string of the molecule is C/C=C/C1C(O)CC2Oc3c(CCCC(=O)OC)cccc3C21. The van der Waals surface area contributed by atoms with E-state index >= 15 is 0 Å². The number of carbonyl (C=O) groups excluding carboxylic acids is 1. The maximum absolute atomic E-state index is 11.3. The average molecular weight is 316 g/mol. The van der Waals surface area contributed by atoms with Gasteiger partial charge in [-0.25, -0.2) is 0 Å². The third kappa shape index (κ3) is 3.00. The van der Waals surface area contributed by atoms with Gasteiger partial charge in [-0.15, -0.1) is 0 Å². The van der Waals surface area contributed by atoms with Gasteiger partial charge in [0.1, 0.15) is 11.9 Å². The fourth-order valence-corrected chi connectivity index (χ4v) is 3.91. The van der Waals surface area contributed by atoms with E-state index < -0.39 is 0 Å². The molecule has 1 aromatic carbocycles. The lowest BCUT2D eigenvalue weighted by molar-refractivity contribution is -0.140. The zero-order chi connectivity index (χ0) is 16.4. The van der Waals surface area contributed by atoms with Crippen molar-refractivity contribution < 1.29 is 19.4 Å². The van der Waals surface area contributed by atoms with Crippen LogP contribution in [-0.2, 0) is 16.0 Å². The van der Waals surface area contributed by atoms with Crippen LogP contribution in [0.5, 0.6) is 5.75 Å². The van der Waals surface area contributed by atoms with E-state index in [2.05, 4.69) is 29.0 Å². The summed E-state index contributed by atoms with van der Waals surface area (Å²) in [5, 5.41) is 10.3. The molecule has 0 spiro atoms. The van der Waals surface area contributed by atoms with Crippen LogP contribution in [0, 0.1) is 5.92 Å². The first-order valence-electron chi connectivity index (χ1n) is 8.31. The Kier molecular flexibility index (Phi) is 4.71. The van der Waals surface area contributed by atoms with Gasteiger partial charge in [0, 0.05) is 30.2 Å². The Morgan fingerprint density at radius 2 is 2.30 bits per heavy atom. The molecule has 4 nitrogen and oxygen atoms in total. The number of ether oxygens (including phenoxy) is 2. The van der Waals surface area contributed by atoms with Crippen LogP contribution in [0.2, 0.25) is 0 Å². The predicted octanol–water partition coefficient (Wildman–Crippen LogP) is 2.98. The Labute approximate surface area is 137 Å². The van der Waals surface area contributed by atoms with Crippen LogP contribution in [-0.4, -0.2) is 30.4 Å². The molecular formula is C19H24O4. The summed E-state index contributed by atoms with van der Waals surface area (Å²) in [6.45, 7) is 1.99. The number of benzene rings is 1. The normalized spacial score (nSPS) is 28.5. The smallest absolute Gasteiger partial charge is 0.305 e. The van der Waals surface area contributed by atoms with Crippen LogP contribution in [0.15, 0.2) is 30.4 Å². The van der Waals surface area contributed by atoms with Crippen molar-refractivity contribution in [3.63, 3.8) is 0 Å². The summed E-state index contributed by atoms with van der Waals surface area (Å²) in [6, 6.07) is 6.23. The van der Waals surface area contributed by atoms with Gasteiger partial charge in [0.25, 0.3) is 0 Å². The molecule has 124 valence electrons. The van der Waals surface area contributed by atoms with Crippen LogP contribution in [0.1, 0.15) is 43.2 Å². The lowest BCUT2D eigenvalue weighted by atomic mass is 9.86. The molecule has 1 aromatic rings. The van der Waals surface area contributed by atoms with Crippen LogP contribution in [0.3, 0.4) is 0 Å². The number of methoxy groups -OCH3 is 1. The molecular weight excluding hydrogens is 292 g/mol. The van der Waals surface area contributed by atoms with E-state index in [-0.39, 0.29) is 30.0 Å². The summed E-state index contributed by atoms with van der Waals surface area (Å²) in [5.41, 5.74) is 2.35. The predicted molar refractivity (Wildman–Crippen MR) is 87.5 cm³/mol. The average Bonchev–Trinajstić information content (AvgIpc) is 3.04. The molecule has 1 aliphatic carbocycles. The molecule has 4 unspecified atom stereocenters. The highest BCUT2D eigenvalue weighted by atomic mass is 16.5. The van der Waals surface area contributed by atoms with Crippen molar-refractivity contribution in [3.8, 4) is 5.75 Å². The van der Waals surface area contributed by atoms with Crippen LogP contribution in [0.25, 0.3) is 0 Å². The molecule has 1 heterocycles. The molecule has 1 saturated carbocycles. The lowest BCUT2D eigenvalue weighted by Gasteiger charge is -2.17. The molecule has 4 atom stereocenters. The molecule has 23 heavy (non-hydrogen) atoms. The first-order chi connectivity index (χ1) is 11.2. The highest BCUT2D eigenvalue weighted by Crippen LogP contribution is 2.51. The zero-order valence-electron chi connectivity index (χ0n) is 13.7. The van der Waals surface area contributed by atoms with Gasteiger partial charge >= 0.3 is 5.97 Å². The molecule has 4 heteroatoms. The van der Waals surface area contributed by atoms with Gasteiger partial charge in [-0.1, -0.05) is 30.4 Å². The number of hydrogen-bond acceptors (Lipinski definition) is 4. The Hall–Kier alpha value is -1.81. The highest BCUT2D eigenvalue weighted by Gasteiger charge is 2.48. The van der Waals surface area contributed by atoms with Crippen molar-refractivity contribution in [2.75, 3.05) is 7.11 Å². The monoisotopic (exact) mass is 316 g/mol. The molecule has 0 bridgehead atoms. The minimum Gasteiger partial charge on any atom is -0.489 e. The lowest BCUT2D eigenvalue weighted by Crippen LogP contribution is -2.16. The zero-order valence-corrected chi connectivity index (χ0v) is 13.7. The van der Waals surface area contributed by atoms with Crippen LogP contribution >= 0.6 is 0 Å². The molecule has 0 aromatic heterocycles. The van der Waals surface area contributed by atoms with Gasteiger partial charge in [0.15, 0.2) is 0 Å². The van der Waals surface area contributed by atoms with E-state index in [1.807, 2.05) is 13.0 Å². The van der Waals surface area contributed by atoms with E-state index in [4.69, 9.17) is 4.74 Å². The third-order valence-corrected chi connectivity index (χ3v) is 4.96. The van der Waals surface area contributed by atoms with Gasteiger partial charge in [0.05, 0.1) is 13.2 Å². The standard InChI is InChI=1S/C19H24O4/c1-3-6-13-15(20)11-16-18(13)14-9-4-7-12(19(14)23-16)8-5-10-17(21)22-2/h3-4,6-7,9,13,15-16,18,20H,5,8,10-11H2,1-2H3/b6-3+. The molecule has 1 aliphatic heterocycles. The Balaban J connectivity index is 1.79. The van der Waals surface area contributed by atoms with Crippen molar-refractivity contribution in [2.24, 2.45) is 5.92 Å². The Bertz CT molecular complexity index is 607. The van der Waals surface area contributed by atoms with Crippen molar-refractivity contribution in [1.29, 1.82) is 0 Å². The van der Waals surface area contributed by atoms with Gasteiger partial charge in [-0.2, -0.15) is 0 Å². The second-order valence-corrected chi connectivity index (χ2v) is 6.35. The third-order valence-electron chi connectivity index (χ3n) is 4.96. The highest BCUT2D eigenvalue weighted by molar-refractivity contribution is 5.69. The van der Waals surface area contributed by atoms with E-state index in [1.54, 1.807) is 0 Å². The van der Waals surface area contributed by atoms with Gasteiger partial charge in [-0.3, -0.25) is 4.79 Å². The van der Waals surface area contributed by atoms with Gasteiger partial charge < -0.3 is 14.6 Å². The molecule has 0 saturated heterocycles. The maximum atomic E-state index is 11.3. The van der Waals surface area contributed by atoms with E-state index in [0.29, 0.717) is 12.8 Å². The number of carbonyl (C=O) groups is 1. The number of esters is 1. The first kappa shape index (κ1) is 16.1. The second-order valence-electron chi connectivity index (χ2n) is 6.35. The molecule has 1 fully saturated rings. The van der Waals surface area contributed by atoms with E-state index in [1.165, 1.54) is 12.7 Å². The largest absolute Gasteiger partial charge is 0.489 e. The number of rotatable bonds is 5. The minimum atomic E-state index is -0.336. The molecule has 2 aliphatic rings. The number of fused-ring (bicyclic) bond motifs is 3. The number of allylic oxidation sites excluding steroid dienone is 1. The quantitative estimate of drug-likeness (QED) is 0.670. The molecule has 3 rings (SSSR count). The molecule has 1 N–H and O–H groups in total. The van der Waals surface area contributed by atoms with Crippen LogP contribution < -0.4 is 4.74 Å². The van der Waals surface area contributed by atoms with Crippen molar-refractivity contribution in [1.82, 2.24) is 0 Å². The summed E-state index contributed by atoms with van der Waals surface area (Å²) in [6.07, 6.45) is 6.48. The summed E-state index contributed by atoms with van der Waals surface area (Å²) in [7, 11) is 1.42. The number of aliphatic hydroxyl groups excluding tert-OH is 1. The fourth-order valence-electron chi connectivity index (χ4n) is 3.91. The summed E-state index contributed by atoms with van der Waals surface area (Å²) in [5.74, 6) is 1.15. The summed E-state index contributed by atoms with van der Waals surface area (Å²) >= 11 is 0. The van der Waals surface area contributed by atoms with Gasteiger partial charge in [-0.05, 0) is 25.3 Å². The Morgan fingerprint density at radius 1 is 1.48 bits per heavy atom. The maximum Gasteiger partial charge on any atom is 0.305 e. The van der Waals surface area contributed by atoms with Crippen molar-refractivity contribution in [2.45, 2.75) is 50.7 Å². The first-order valence-corrected chi connectivity index (χ1v) is 8.31. The molecule has 0 radical (unpaired) electrons. The van der Waals surface area contributed by atoms with Crippen molar-refractivity contribution in [3.05, 3.63) is 41.5 Å². The second kappa shape index (κ2) is 6.75. The minimum absolute atomic E-state index is 0.0583. The number of aliphatic hydroxyl groups is 1. The number of hydrogen-bond donors (Lipinski definition) is 1. The fraction of sp³-hybridized carbons (Fsp3) is 0.526. The van der Waals surface area contributed by atoms with Crippen LogP contribution in [0.4, 0.5) is 0 Å².